The molecule has 0 saturated heterocycles. The molecule has 1 aliphatic rings. The Bertz CT molecular complexity index is 1020. The van der Waals surface area contributed by atoms with E-state index in [0.29, 0.717) is 11.3 Å². The van der Waals surface area contributed by atoms with Gasteiger partial charge < -0.3 is 14.8 Å². The average Bonchev–Trinajstić information content (AvgIpc) is 3.10. The van der Waals surface area contributed by atoms with E-state index in [1.807, 2.05) is 45.0 Å². The number of carbonyl (C=O) groups excluding carboxylic acids is 1. The number of ether oxygens (including phenoxy) is 2. The van der Waals surface area contributed by atoms with Crippen molar-refractivity contribution >= 4 is 16.9 Å². The summed E-state index contributed by atoms with van der Waals surface area (Å²) in [5.74, 6) is 1.28. The van der Waals surface area contributed by atoms with Crippen LogP contribution in [-0.2, 0) is 0 Å². The maximum Gasteiger partial charge on any atom is 0.251 e. The Morgan fingerprint density at radius 2 is 1.73 bits per heavy atom. The van der Waals surface area contributed by atoms with Crippen LogP contribution in [0.4, 0.5) is 0 Å². The Labute approximate surface area is 151 Å². The minimum Gasteiger partial charge on any atom is -0.454 e. The van der Waals surface area contributed by atoms with Gasteiger partial charge in [0.25, 0.3) is 5.91 Å². The summed E-state index contributed by atoms with van der Waals surface area (Å²) in [4.78, 5) is 21.7. The standard InChI is InChI=1S/C20H19N3O3/c1-11-12(2)22-17-8-15(4-6-16(17)21-11)20(24)23-13(3)14-5-7-18-19(9-14)26-10-25-18/h4-9,13H,10H2,1-3H3,(H,23,24). The number of nitrogens with one attached hydrogen (secondary N) is 1. The molecule has 1 unspecified atom stereocenters. The summed E-state index contributed by atoms with van der Waals surface area (Å²) >= 11 is 0. The van der Waals surface area contributed by atoms with Gasteiger partial charge in [-0.15, -0.1) is 0 Å². The highest BCUT2D eigenvalue weighted by molar-refractivity contribution is 5.97. The zero-order valence-corrected chi connectivity index (χ0v) is 14.9. The largest absolute Gasteiger partial charge is 0.454 e. The SMILES string of the molecule is Cc1nc2ccc(C(=O)NC(C)c3ccc4c(c3)OCO4)cc2nc1C. The normalized spacial score (nSPS) is 13.7. The quantitative estimate of drug-likeness (QED) is 0.784. The molecule has 0 spiro atoms. The number of hydrogen-bond acceptors (Lipinski definition) is 5. The highest BCUT2D eigenvalue weighted by atomic mass is 16.7. The molecule has 0 fully saturated rings. The first-order valence-corrected chi connectivity index (χ1v) is 8.46. The Balaban J connectivity index is 1.55. The van der Waals surface area contributed by atoms with Crippen molar-refractivity contribution < 1.29 is 14.3 Å². The lowest BCUT2D eigenvalue weighted by Crippen LogP contribution is -2.26. The maximum absolute atomic E-state index is 12.6. The lowest BCUT2D eigenvalue weighted by molar-refractivity contribution is 0.0940. The number of fused-ring (bicyclic) bond motifs is 2. The minimum absolute atomic E-state index is 0.155. The van der Waals surface area contributed by atoms with Crippen LogP contribution in [-0.4, -0.2) is 22.7 Å². The third kappa shape index (κ3) is 2.94. The summed E-state index contributed by atoms with van der Waals surface area (Å²) in [6.07, 6.45) is 0. The van der Waals surface area contributed by atoms with Crippen molar-refractivity contribution in [1.82, 2.24) is 15.3 Å². The molecule has 6 nitrogen and oxygen atoms in total. The van der Waals surface area contributed by atoms with Crippen molar-refractivity contribution in [3.8, 4) is 11.5 Å². The molecule has 0 bridgehead atoms. The molecule has 1 aliphatic heterocycles. The number of hydrogen-bond donors (Lipinski definition) is 1. The Morgan fingerprint density at radius 1 is 1.00 bits per heavy atom. The second-order valence-electron chi connectivity index (χ2n) is 6.41. The highest BCUT2D eigenvalue weighted by Crippen LogP contribution is 2.34. The van der Waals surface area contributed by atoms with Gasteiger partial charge in [0.05, 0.1) is 28.5 Å². The van der Waals surface area contributed by atoms with Crippen LogP contribution in [0.2, 0.25) is 0 Å². The van der Waals surface area contributed by atoms with Crippen molar-refractivity contribution in [2.45, 2.75) is 26.8 Å². The molecule has 1 amide bonds. The van der Waals surface area contributed by atoms with Gasteiger partial charge in [-0.1, -0.05) is 6.07 Å². The number of aryl methyl sites for hydroxylation is 2. The number of nitrogens with zero attached hydrogens (tertiary/aromatic N) is 2. The van der Waals surface area contributed by atoms with Crippen molar-refractivity contribution in [1.29, 1.82) is 0 Å². The van der Waals surface area contributed by atoms with Gasteiger partial charge in [-0.3, -0.25) is 4.79 Å². The molecular weight excluding hydrogens is 330 g/mol. The fourth-order valence-corrected chi connectivity index (χ4v) is 2.92. The van der Waals surface area contributed by atoms with Crippen LogP contribution in [0.15, 0.2) is 36.4 Å². The minimum atomic E-state index is -0.168. The average molecular weight is 349 g/mol. The number of benzene rings is 2. The second-order valence-corrected chi connectivity index (χ2v) is 6.41. The van der Waals surface area contributed by atoms with Crippen LogP contribution in [0.5, 0.6) is 11.5 Å². The first kappa shape index (κ1) is 16.3. The lowest BCUT2D eigenvalue weighted by Gasteiger charge is -2.15. The van der Waals surface area contributed by atoms with Crippen molar-refractivity contribution in [3.05, 3.63) is 58.9 Å². The fraction of sp³-hybridized carbons (Fsp3) is 0.250. The summed E-state index contributed by atoms with van der Waals surface area (Å²) in [5.41, 5.74) is 4.78. The van der Waals surface area contributed by atoms with Crippen molar-refractivity contribution in [3.63, 3.8) is 0 Å². The molecular formula is C20H19N3O3. The molecule has 26 heavy (non-hydrogen) atoms. The van der Waals surface area contributed by atoms with Gasteiger partial charge in [0.2, 0.25) is 6.79 Å². The molecule has 1 N–H and O–H groups in total. The third-order valence-corrected chi connectivity index (χ3v) is 4.58. The molecule has 0 aliphatic carbocycles. The molecule has 132 valence electrons. The Morgan fingerprint density at radius 3 is 2.54 bits per heavy atom. The summed E-state index contributed by atoms with van der Waals surface area (Å²) in [6, 6.07) is 10.9. The summed E-state index contributed by atoms with van der Waals surface area (Å²) in [7, 11) is 0. The van der Waals surface area contributed by atoms with Crippen LogP contribution < -0.4 is 14.8 Å². The van der Waals surface area contributed by atoms with E-state index in [2.05, 4.69) is 15.3 Å². The predicted molar refractivity (Wildman–Crippen MR) is 97.5 cm³/mol. The van der Waals surface area contributed by atoms with E-state index in [9.17, 15) is 4.79 Å². The van der Waals surface area contributed by atoms with Crippen LogP contribution in [0, 0.1) is 13.8 Å². The molecule has 4 rings (SSSR count). The highest BCUT2D eigenvalue weighted by Gasteiger charge is 2.17. The van der Waals surface area contributed by atoms with E-state index in [0.717, 1.165) is 33.7 Å². The lowest BCUT2D eigenvalue weighted by atomic mass is 10.1. The summed E-state index contributed by atoms with van der Waals surface area (Å²) in [6.45, 7) is 6.01. The van der Waals surface area contributed by atoms with E-state index in [1.54, 1.807) is 12.1 Å². The van der Waals surface area contributed by atoms with Gasteiger partial charge in [-0.25, -0.2) is 9.97 Å². The van der Waals surface area contributed by atoms with E-state index in [1.165, 1.54) is 0 Å². The van der Waals surface area contributed by atoms with Gasteiger partial charge in [-0.2, -0.15) is 0 Å². The monoisotopic (exact) mass is 349 g/mol. The number of rotatable bonds is 3. The van der Waals surface area contributed by atoms with E-state index in [4.69, 9.17) is 9.47 Å². The van der Waals surface area contributed by atoms with Crippen LogP contribution in [0.25, 0.3) is 11.0 Å². The van der Waals surface area contributed by atoms with Crippen LogP contribution in [0.3, 0.4) is 0 Å². The number of aromatic nitrogens is 2. The first-order chi connectivity index (χ1) is 12.5. The van der Waals surface area contributed by atoms with Gasteiger partial charge in [-0.05, 0) is 56.7 Å². The Kier molecular flexibility index (Phi) is 3.95. The zero-order valence-electron chi connectivity index (χ0n) is 14.9. The van der Waals surface area contributed by atoms with Gasteiger partial charge in [0.15, 0.2) is 11.5 Å². The summed E-state index contributed by atoms with van der Waals surface area (Å²) < 4.78 is 10.7. The van der Waals surface area contributed by atoms with Gasteiger partial charge >= 0.3 is 0 Å². The Hall–Kier alpha value is -3.15. The van der Waals surface area contributed by atoms with Gasteiger partial charge in [0, 0.05) is 5.56 Å². The van der Waals surface area contributed by atoms with E-state index in [-0.39, 0.29) is 18.7 Å². The number of amides is 1. The van der Waals surface area contributed by atoms with Crippen LogP contribution in [0.1, 0.15) is 40.3 Å². The molecule has 1 atom stereocenters. The topological polar surface area (TPSA) is 73.3 Å². The maximum atomic E-state index is 12.6. The predicted octanol–water partition coefficient (Wildman–Crippen LogP) is 3.47. The summed E-state index contributed by atoms with van der Waals surface area (Å²) in [5, 5.41) is 3.01. The first-order valence-electron chi connectivity index (χ1n) is 8.46. The van der Waals surface area contributed by atoms with Crippen molar-refractivity contribution in [2.24, 2.45) is 0 Å². The van der Waals surface area contributed by atoms with Crippen LogP contribution >= 0.6 is 0 Å². The molecule has 2 aromatic carbocycles. The molecule has 3 aromatic rings. The fourth-order valence-electron chi connectivity index (χ4n) is 2.92. The van der Waals surface area contributed by atoms with E-state index >= 15 is 0 Å². The molecule has 1 aromatic heterocycles. The second kappa shape index (κ2) is 6.29. The van der Waals surface area contributed by atoms with E-state index < -0.39 is 0 Å². The smallest absolute Gasteiger partial charge is 0.251 e. The van der Waals surface area contributed by atoms with Gasteiger partial charge in [0.1, 0.15) is 0 Å². The van der Waals surface area contributed by atoms with Crippen molar-refractivity contribution in [2.75, 3.05) is 6.79 Å². The molecule has 0 saturated carbocycles. The number of carbonyl (C=O) groups is 1. The zero-order chi connectivity index (χ0) is 18.3. The molecule has 2 heterocycles. The third-order valence-electron chi connectivity index (χ3n) is 4.58. The molecule has 6 heteroatoms. The molecule has 0 radical (unpaired) electrons.